The highest BCUT2D eigenvalue weighted by Gasteiger charge is 2.34. The largest absolute Gasteiger partial charge is 0.493 e. The minimum absolute atomic E-state index is 0.0108. The number of nitrogens with two attached hydrogens (primary N) is 1. The van der Waals surface area contributed by atoms with Gasteiger partial charge in [-0.25, -0.2) is 0 Å². The zero-order chi connectivity index (χ0) is 41.1. The number of carbonyl (C=O) groups is 2. The van der Waals surface area contributed by atoms with Gasteiger partial charge in [0.05, 0.1) is 44.4 Å². The van der Waals surface area contributed by atoms with Crippen molar-refractivity contribution >= 4 is 23.2 Å². The zero-order valence-electron chi connectivity index (χ0n) is 33.8. The predicted molar refractivity (Wildman–Crippen MR) is 229 cm³/mol. The fourth-order valence-electron chi connectivity index (χ4n) is 7.87. The molecule has 0 aliphatic carbocycles. The minimum atomic E-state index is -0.580. The van der Waals surface area contributed by atoms with Crippen molar-refractivity contribution in [2.45, 2.75) is 76.7 Å². The Bertz CT molecular complexity index is 2190. The number of hydrogen-bond donors (Lipinski definition) is 4. The summed E-state index contributed by atoms with van der Waals surface area (Å²) < 4.78 is 24.6. The fraction of sp³-hybridized carbons (Fsp3) is 0.333. The molecule has 59 heavy (non-hydrogen) atoms. The molecular weight excluding hydrogens is 745 g/mol. The Hall–Kier alpha value is -5.72. The van der Waals surface area contributed by atoms with Gasteiger partial charge in [0.2, 0.25) is 11.8 Å². The van der Waals surface area contributed by atoms with Gasteiger partial charge in [-0.3, -0.25) is 14.5 Å². The summed E-state index contributed by atoms with van der Waals surface area (Å²) >= 11 is 0. The molecule has 1 fully saturated rings. The number of nitrogens with one attached hydrogen (secondary N) is 2. The van der Waals surface area contributed by atoms with Crippen LogP contribution in [0.3, 0.4) is 0 Å². The summed E-state index contributed by atoms with van der Waals surface area (Å²) in [7, 11) is 3.34. The lowest BCUT2D eigenvalue weighted by atomic mass is 9.96. The van der Waals surface area contributed by atoms with Gasteiger partial charge in [0, 0.05) is 51.0 Å². The quantitative estimate of drug-likeness (QED) is 0.0579. The summed E-state index contributed by atoms with van der Waals surface area (Å²) in [5.74, 6) is 1.31. The molecule has 11 heteroatoms. The van der Waals surface area contributed by atoms with Crippen LogP contribution in [-0.4, -0.2) is 55.2 Å². The number of rotatable bonds is 16. The van der Waals surface area contributed by atoms with Gasteiger partial charge < -0.3 is 40.4 Å². The lowest BCUT2D eigenvalue weighted by molar-refractivity contribution is -0.253. The second kappa shape index (κ2) is 19.8. The maximum atomic E-state index is 12.8. The highest BCUT2D eigenvalue weighted by atomic mass is 16.7. The van der Waals surface area contributed by atoms with Gasteiger partial charge in [-0.15, -0.1) is 0 Å². The number of anilines is 2. The third-order valence-electron chi connectivity index (χ3n) is 11.2. The van der Waals surface area contributed by atoms with Crippen LogP contribution >= 0.6 is 0 Å². The summed E-state index contributed by atoms with van der Waals surface area (Å²) in [5, 5.41) is 15.6. The normalized spacial score (nSPS) is 17.8. The zero-order valence-corrected chi connectivity index (χ0v) is 33.8. The van der Waals surface area contributed by atoms with E-state index in [4.69, 9.17) is 24.7 Å². The number of unbranched alkanes of at least 4 members (excludes halogenated alkanes) is 1. The molecule has 0 saturated carbocycles. The van der Waals surface area contributed by atoms with E-state index >= 15 is 0 Å². The van der Waals surface area contributed by atoms with Gasteiger partial charge >= 0.3 is 0 Å². The van der Waals surface area contributed by atoms with Gasteiger partial charge in [0.1, 0.15) is 0 Å². The fourth-order valence-corrected chi connectivity index (χ4v) is 7.87. The van der Waals surface area contributed by atoms with Crippen molar-refractivity contribution in [3.05, 3.63) is 143 Å². The van der Waals surface area contributed by atoms with Crippen LogP contribution in [0.2, 0.25) is 0 Å². The maximum absolute atomic E-state index is 12.8. The van der Waals surface area contributed by atoms with Crippen molar-refractivity contribution in [2.24, 2.45) is 0 Å². The molecular formula is C48H54N4O7. The van der Waals surface area contributed by atoms with E-state index in [0.29, 0.717) is 50.0 Å². The molecule has 11 nitrogen and oxygen atoms in total. The smallest absolute Gasteiger partial charge is 0.224 e. The van der Waals surface area contributed by atoms with Crippen LogP contribution in [0.1, 0.15) is 77.9 Å². The van der Waals surface area contributed by atoms with Crippen molar-refractivity contribution in [2.75, 3.05) is 38.4 Å². The number of nitrogens with zero attached hydrogens (tertiary/aromatic N) is 1. The van der Waals surface area contributed by atoms with E-state index in [-0.39, 0.29) is 30.6 Å². The average molecular weight is 799 g/mol. The number of amides is 2. The van der Waals surface area contributed by atoms with Crippen LogP contribution in [0.4, 0.5) is 11.4 Å². The average Bonchev–Trinajstić information content (AvgIpc) is 3.27. The van der Waals surface area contributed by atoms with E-state index in [1.165, 1.54) is 11.1 Å². The first-order valence-electron chi connectivity index (χ1n) is 20.4. The molecule has 1 saturated heterocycles. The van der Waals surface area contributed by atoms with Crippen LogP contribution < -0.4 is 25.8 Å². The van der Waals surface area contributed by atoms with Crippen molar-refractivity contribution in [3.8, 4) is 22.6 Å². The molecule has 5 aromatic rings. The number of benzene rings is 5. The van der Waals surface area contributed by atoms with Gasteiger partial charge in [0.15, 0.2) is 17.8 Å². The van der Waals surface area contributed by atoms with E-state index in [2.05, 4.69) is 58.0 Å². The summed E-state index contributed by atoms with van der Waals surface area (Å²) in [4.78, 5) is 27.6. The Labute approximate surface area is 346 Å². The molecule has 3 atom stereocenters. The number of aliphatic hydroxyl groups is 1. The standard InChI is InChI=1S/C48H54N4O7/c1-56-44-25-36-23-24-52(29-38(36)26-45(44)57-2)30-39-27-43(34-17-15-32(31-53)16-18-34)59-48(58-39)35-21-19-33(20-22-35)40-10-4-3-9-37(40)28-50-46(54)13-7-8-14-47(55)51-42-12-6-5-11-41(42)49/h3-6,9-12,15-22,25-26,39,43,48,53H,7-8,13-14,23-24,27-31,49H2,1-2H3,(H,50,54)(H,51,55)/t39-,43+,48+/m1/s1. The Balaban J connectivity index is 0.976. The Morgan fingerprint density at radius 1 is 0.814 bits per heavy atom. The molecule has 308 valence electrons. The first-order valence-corrected chi connectivity index (χ1v) is 20.4. The monoisotopic (exact) mass is 798 g/mol. The Morgan fingerprint density at radius 2 is 1.49 bits per heavy atom. The first-order chi connectivity index (χ1) is 28.8. The molecule has 0 bridgehead atoms. The molecule has 7 rings (SSSR count). The molecule has 5 N–H and O–H groups in total. The van der Waals surface area contributed by atoms with E-state index < -0.39 is 6.29 Å². The number of carbonyl (C=O) groups excluding carboxylic acids is 2. The maximum Gasteiger partial charge on any atom is 0.224 e. The first kappa shape index (κ1) is 41.4. The molecule has 0 aromatic heterocycles. The number of fused-ring (bicyclic) bond motifs is 1. The van der Waals surface area contributed by atoms with E-state index in [0.717, 1.165) is 70.9 Å². The SMILES string of the molecule is COc1cc2c(cc1OC)CN(C[C@H]1C[C@@H](c3ccc(CO)cc3)O[C@@H](c3ccc(-c4ccccc4CNC(=O)CCCCC(=O)Nc4ccccc4N)cc3)O1)CC2. The van der Waals surface area contributed by atoms with Crippen LogP contribution in [0.5, 0.6) is 11.5 Å². The van der Waals surface area contributed by atoms with Crippen LogP contribution in [0, 0.1) is 0 Å². The van der Waals surface area contributed by atoms with Gasteiger partial charge in [-0.1, -0.05) is 84.9 Å². The summed E-state index contributed by atoms with van der Waals surface area (Å²) in [6.07, 6.45) is 2.59. The third kappa shape index (κ3) is 10.7. The number of nitrogen functional groups attached to an aromatic ring is 1. The molecule has 0 radical (unpaired) electrons. The van der Waals surface area contributed by atoms with Gasteiger partial charge in [-0.05, 0) is 82.5 Å². The summed E-state index contributed by atoms with van der Waals surface area (Å²) in [6, 6.07) is 35.6. The summed E-state index contributed by atoms with van der Waals surface area (Å²) in [6.45, 7) is 2.82. The number of ether oxygens (including phenoxy) is 4. The van der Waals surface area contributed by atoms with Crippen LogP contribution in [0.25, 0.3) is 11.1 Å². The predicted octanol–water partition coefficient (Wildman–Crippen LogP) is 7.86. The number of aliphatic hydroxyl groups excluding tert-OH is 1. The number of hydrogen-bond acceptors (Lipinski definition) is 9. The molecule has 0 unspecified atom stereocenters. The van der Waals surface area contributed by atoms with Crippen molar-refractivity contribution in [3.63, 3.8) is 0 Å². The third-order valence-corrected chi connectivity index (χ3v) is 11.2. The molecule has 2 aliphatic heterocycles. The van der Waals surface area contributed by atoms with Crippen molar-refractivity contribution < 1.29 is 33.6 Å². The highest BCUT2D eigenvalue weighted by Crippen LogP contribution is 2.40. The highest BCUT2D eigenvalue weighted by molar-refractivity contribution is 5.93. The minimum Gasteiger partial charge on any atom is -0.493 e. The van der Waals surface area contributed by atoms with Crippen molar-refractivity contribution in [1.82, 2.24) is 10.2 Å². The van der Waals surface area contributed by atoms with Crippen LogP contribution in [0.15, 0.2) is 109 Å². The lowest BCUT2D eigenvalue weighted by Gasteiger charge is -2.39. The Morgan fingerprint density at radius 3 is 2.22 bits per heavy atom. The topological polar surface area (TPSA) is 145 Å². The second-order valence-electron chi connectivity index (χ2n) is 15.2. The molecule has 2 aliphatic rings. The molecule has 0 spiro atoms. The van der Waals surface area contributed by atoms with E-state index in [1.54, 1.807) is 26.4 Å². The molecule has 2 amide bonds. The van der Waals surface area contributed by atoms with E-state index in [9.17, 15) is 14.7 Å². The number of para-hydroxylation sites is 2. The van der Waals surface area contributed by atoms with Gasteiger partial charge in [-0.2, -0.15) is 0 Å². The van der Waals surface area contributed by atoms with E-state index in [1.807, 2.05) is 54.6 Å². The number of methoxy groups -OCH3 is 2. The molecule has 5 aromatic carbocycles. The summed E-state index contributed by atoms with van der Waals surface area (Å²) in [5.41, 5.74) is 15.4. The van der Waals surface area contributed by atoms with Gasteiger partial charge in [0.25, 0.3) is 0 Å². The second-order valence-corrected chi connectivity index (χ2v) is 15.2. The van der Waals surface area contributed by atoms with Crippen LogP contribution in [-0.2, 0) is 45.2 Å². The Kier molecular flexibility index (Phi) is 13.9. The van der Waals surface area contributed by atoms with Crippen molar-refractivity contribution in [1.29, 1.82) is 0 Å². The molecule has 2 heterocycles. The lowest BCUT2D eigenvalue weighted by Crippen LogP contribution is -2.41.